The molecule has 0 radical (unpaired) electrons. The first-order valence-electron chi connectivity index (χ1n) is 8.18. The second-order valence-corrected chi connectivity index (χ2v) is 6.41. The minimum atomic E-state index is -4.48. The lowest BCUT2D eigenvalue weighted by atomic mass is 10.0. The zero-order chi connectivity index (χ0) is 21.3. The van der Waals surface area contributed by atoms with Gasteiger partial charge in [0.05, 0.1) is 5.56 Å². The van der Waals surface area contributed by atoms with E-state index in [-0.39, 0.29) is 10.8 Å². The molecule has 29 heavy (non-hydrogen) atoms. The third-order valence-electron chi connectivity index (χ3n) is 4.18. The van der Waals surface area contributed by atoms with Crippen molar-refractivity contribution in [2.75, 3.05) is 5.32 Å². The van der Waals surface area contributed by atoms with Crippen molar-refractivity contribution in [2.45, 2.75) is 12.6 Å². The summed E-state index contributed by atoms with van der Waals surface area (Å²) < 4.78 is 65.7. The Morgan fingerprint density at radius 3 is 2.31 bits per heavy atom. The van der Waals surface area contributed by atoms with E-state index in [2.05, 4.69) is 10.4 Å². The Morgan fingerprint density at radius 2 is 1.72 bits per heavy atom. The number of nitrogens with zero attached hydrogens (tertiary/aromatic N) is 2. The van der Waals surface area contributed by atoms with Gasteiger partial charge in [0.1, 0.15) is 11.3 Å². The van der Waals surface area contributed by atoms with Gasteiger partial charge in [-0.25, -0.2) is 8.78 Å². The number of rotatable bonds is 4. The summed E-state index contributed by atoms with van der Waals surface area (Å²) in [5.74, 6) is -0.905. The first kappa shape index (κ1) is 20.8. The van der Waals surface area contributed by atoms with Crippen molar-refractivity contribution in [3.8, 4) is 11.1 Å². The maximum atomic E-state index is 13.3. The van der Waals surface area contributed by atoms with Crippen LogP contribution in [0.15, 0.2) is 48.5 Å². The van der Waals surface area contributed by atoms with Crippen molar-refractivity contribution in [3.63, 3.8) is 0 Å². The summed E-state index contributed by atoms with van der Waals surface area (Å²) >= 11 is 5.84. The maximum absolute atomic E-state index is 13.3. The molecule has 0 atom stereocenters. The number of para-hydroxylation sites is 1. The third-order valence-corrected chi connectivity index (χ3v) is 4.45. The SMILES string of the molecule is Cn1nc(Cl)c(C(=O)Nc2ccccc2-c2ccc(C(F)(F)F)cc2)c1C(F)F. The molecular weight excluding hydrogens is 417 g/mol. The Bertz CT molecular complexity index is 1040. The van der Waals surface area contributed by atoms with E-state index in [4.69, 9.17) is 11.6 Å². The first-order chi connectivity index (χ1) is 13.6. The Labute approximate surface area is 166 Å². The summed E-state index contributed by atoms with van der Waals surface area (Å²) in [4.78, 5) is 12.6. The zero-order valence-corrected chi connectivity index (χ0v) is 15.5. The maximum Gasteiger partial charge on any atom is 0.416 e. The topological polar surface area (TPSA) is 46.9 Å². The molecule has 0 aliphatic heterocycles. The molecule has 1 N–H and O–H groups in total. The smallest absolute Gasteiger partial charge is 0.321 e. The van der Waals surface area contributed by atoms with Crippen LogP contribution in [0, 0.1) is 0 Å². The van der Waals surface area contributed by atoms with Gasteiger partial charge < -0.3 is 5.32 Å². The highest BCUT2D eigenvalue weighted by Crippen LogP contribution is 2.34. The third kappa shape index (κ3) is 4.24. The number of aryl methyl sites for hydroxylation is 1. The fraction of sp³-hybridized carbons (Fsp3) is 0.158. The summed E-state index contributed by atoms with van der Waals surface area (Å²) in [5.41, 5.74) is -0.886. The number of halogens is 6. The predicted molar refractivity (Wildman–Crippen MR) is 98.0 cm³/mol. The monoisotopic (exact) mass is 429 g/mol. The fourth-order valence-electron chi connectivity index (χ4n) is 2.83. The molecule has 0 unspecified atom stereocenters. The quantitative estimate of drug-likeness (QED) is 0.521. The highest BCUT2D eigenvalue weighted by atomic mass is 35.5. The highest BCUT2D eigenvalue weighted by Gasteiger charge is 2.30. The largest absolute Gasteiger partial charge is 0.416 e. The number of amides is 1. The average molecular weight is 430 g/mol. The van der Waals surface area contributed by atoms with Gasteiger partial charge in [-0.2, -0.15) is 18.3 Å². The van der Waals surface area contributed by atoms with Gasteiger partial charge in [0.15, 0.2) is 5.15 Å². The molecule has 0 spiro atoms. The summed E-state index contributed by atoms with van der Waals surface area (Å²) in [7, 11) is 1.24. The van der Waals surface area contributed by atoms with Crippen molar-refractivity contribution in [2.24, 2.45) is 7.05 Å². The number of benzene rings is 2. The highest BCUT2D eigenvalue weighted by molar-refractivity contribution is 6.33. The molecule has 2 aromatic carbocycles. The predicted octanol–water partition coefficient (Wildman–Crippen LogP) is 5.95. The molecule has 0 saturated carbocycles. The molecule has 1 amide bonds. The van der Waals surface area contributed by atoms with Crippen LogP contribution in [0.25, 0.3) is 11.1 Å². The molecule has 152 valence electrons. The number of anilines is 1. The lowest BCUT2D eigenvalue weighted by molar-refractivity contribution is -0.137. The number of nitrogens with one attached hydrogen (secondary N) is 1. The summed E-state index contributed by atoms with van der Waals surface area (Å²) in [6.07, 6.45) is -7.46. The number of carbonyl (C=O) groups excluding carboxylic acids is 1. The zero-order valence-electron chi connectivity index (χ0n) is 14.8. The van der Waals surface area contributed by atoms with Crippen LogP contribution in [-0.4, -0.2) is 15.7 Å². The van der Waals surface area contributed by atoms with E-state index in [9.17, 15) is 26.7 Å². The standard InChI is InChI=1S/C19H13ClF5N3O/c1-28-15(17(21)22)14(16(20)27-28)18(29)26-13-5-3-2-4-12(13)10-6-8-11(9-7-10)19(23,24)25/h2-9,17H,1H3,(H,26,29). The lowest BCUT2D eigenvalue weighted by Crippen LogP contribution is -2.15. The molecular formula is C19H13ClF5N3O. The molecule has 0 bridgehead atoms. The van der Waals surface area contributed by atoms with Gasteiger partial charge in [-0.1, -0.05) is 41.9 Å². The minimum Gasteiger partial charge on any atom is -0.321 e. The van der Waals surface area contributed by atoms with Crippen LogP contribution in [-0.2, 0) is 13.2 Å². The van der Waals surface area contributed by atoms with E-state index in [0.29, 0.717) is 11.1 Å². The molecule has 10 heteroatoms. The van der Waals surface area contributed by atoms with Crippen LogP contribution in [0.5, 0.6) is 0 Å². The molecule has 3 aromatic rings. The van der Waals surface area contributed by atoms with E-state index in [0.717, 1.165) is 16.8 Å². The molecule has 1 heterocycles. The summed E-state index contributed by atoms with van der Waals surface area (Å²) in [6.45, 7) is 0. The van der Waals surface area contributed by atoms with Crippen molar-refractivity contribution in [1.82, 2.24) is 9.78 Å². The van der Waals surface area contributed by atoms with Gasteiger partial charge in [0.2, 0.25) is 0 Å². The van der Waals surface area contributed by atoms with Gasteiger partial charge in [-0.15, -0.1) is 0 Å². The van der Waals surface area contributed by atoms with Crippen LogP contribution in [0.4, 0.5) is 27.6 Å². The second-order valence-electron chi connectivity index (χ2n) is 6.05. The van der Waals surface area contributed by atoms with Crippen LogP contribution < -0.4 is 5.32 Å². The van der Waals surface area contributed by atoms with Crippen molar-refractivity contribution < 1.29 is 26.7 Å². The number of alkyl halides is 5. The lowest BCUT2D eigenvalue weighted by Gasteiger charge is -2.13. The van der Waals surface area contributed by atoms with Crippen molar-refractivity contribution in [1.29, 1.82) is 0 Å². The number of hydrogen-bond acceptors (Lipinski definition) is 2. The normalized spacial score (nSPS) is 11.7. The Morgan fingerprint density at radius 1 is 1.10 bits per heavy atom. The van der Waals surface area contributed by atoms with Gasteiger partial charge in [-0.3, -0.25) is 9.48 Å². The van der Waals surface area contributed by atoms with Gasteiger partial charge >= 0.3 is 6.18 Å². The Kier molecular flexibility index (Phi) is 5.61. The van der Waals surface area contributed by atoms with Crippen molar-refractivity contribution >= 4 is 23.2 Å². The van der Waals surface area contributed by atoms with E-state index in [1.165, 1.54) is 25.2 Å². The summed E-state index contributed by atoms with van der Waals surface area (Å²) in [6, 6.07) is 10.6. The summed E-state index contributed by atoms with van der Waals surface area (Å²) in [5, 5.41) is 5.75. The Hall–Kier alpha value is -2.94. The number of hydrogen-bond donors (Lipinski definition) is 1. The molecule has 4 nitrogen and oxygen atoms in total. The molecule has 0 aliphatic rings. The average Bonchev–Trinajstić information content (AvgIpc) is 2.96. The molecule has 0 fully saturated rings. The fourth-order valence-corrected chi connectivity index (χ4v) is 3.13. The first-order valence-corrected chi connectivity index (χ1v) is 8.56. The number of carbonyl (C=O) groups is 1. The number of aromatic nitrogens is 2. The minimum absolute atomic E-state index is 0.220. The molecule has 1 aromatic heterocycles. The second kappa shape index (κ2) is 7.82. The van der Waals surface area contributed by atoms with Gasteiger partial charge in [0.25, 0.3) is 12.3 Å². The van der Waals surface area contributed by atoms with Gasteiger partial charge in [0, 0.05) is 18.3 Å². The van der Waals surface area contributed by atoms with Crippen LogP contribution in [0.3, 0.4) is 0 Å². The van der Waals surface area contributed by atoms with Gasteiger partial charge in [-0.05, 0) is 23.8 Å². The Balaban J connectivity index is 1.96. The molecule has 0 aliphatic carbocycles. The van der Waals surface area contributed by atoms with Crippen LogP contribution in [0.1, 0.15) is 28.0 Å². The van der Waals surface area contributed by atoms with E-state index in [1.807, 2.05) is 0 Å². The van der Waals surface area contributed by atoms with Crippen molar-refractivity contribution in [3.05, 3.63) is 70.5 Å². The van der Waals surface area contributed by atoms with E-state index >= 15 is 0 Å². The van der Waals surface area contributed by atoms with Crippen LogP contribution in [0.2, 0.25) is 5.15 Å². The van der Waals surface area contributed by atoms with E-state index in [1.54, 1.807) is 18.2 Å². The molecule has 0 saturated heterocycles. The van der Waals surface area contributed by atoms with E-state index < -0.39 is 35.3 Å². The van der Waals surface area contributed by atoms with Crippen LogP contribution >= 0.6 is 11.6 Å². The molecule has 3 rings (SSSR count).